The predicted octanol–water partition coefficient (Wildman–Crippen LogP) is 1.12. The van der Waals surface area contributed by atoms with Crippen molar-refractivity contribution in [3.05, 3.63) is 55.9 Å². The molecule has 3 rings (SSSR count). The Balaban J connectivity index is 1.45. The number of carbonyl (C=O) groups is 2. The first-order chi connectivity index (χ1) is 14.8. The molecule has 2 amide bonds. The van der Waals surface area contributed by atoms with Gasteiger partial charge in [-0.05, 0) is 30.7 Å². The molecule has 31 heavy (non-hydrogen) atoms. The summed E-state index contributed by atoms with van der Waals surface area (Å²) in [7, 11) is 2.98. The summed E-state index contributed by atoms with van der Waals surface area (Å²) in [5.41, 5.74) is 0.475. The lowest BCUT2D eigenvalue weighted by atomic mass is 10.2. The highest BCUT2D eigenvalue weighted by atomic mass is 79.9. The van der Waals surface area contributed by atoms with Gasteiger partial charge in [-0.1, -0.05) is 15.9 Å². The SMILES string of the molecule is Cn1c(=O)c2c(ncn2CCCC(=O)NCCC(=O)Nc2ccc(Br)cc2)n(C)c1=O. The average molecular weight is 491 g/mol. The lowest BCUT2D eigenvalue weighted by Gasteiger charge is -2.08. The molecule has 2 heterocycles. The molecular weight excluding hydrogens is 468 g/mol. The van der Waals surface area contributed by atoms with Crippen molar-refractivity contribution in [2.24, 2.45) is 14.1 Å². The van der Waals surface area contributed by atoms with E-state index in [-0.39, 0.29) is 31.2 Å². The van der Waals surface area contributed by atoms with Crippen molar-refractivity contribution >= 4 is 44.6 Å². The summed E-state index contributed by atoms with van der Waals surface area (Å²) in [6.07, 6.45) is 2.38. The van der Waals surface area contributed by atoms with E-state index in [9.17, 15) is 19.2 Å². The number of anilines is 1. The third-order valence-corrected chi connectivity index (χ3v) is 5.35. The van der Waals surface area contributed by atoms with Crippen molar-refractivity contribution in [2.45, 2.75) is 25.8 Å². The van der Waals surface area contributed by atoms with Gasteiger partial charge in [-0.25, -0.2) is 9.78 Å². The van der Waals surface area contributed by atoms with Crippen molar-refractivity contribution < 1.29 is 9.59 Å². The van der Waals surface area contributed by atoms with Crippen LogP contribution in [0.3, 0.4) is 0 Å². The number of halogens is 1. The van der Waals surface area contributed by atoms with Gasteiger partial charge in [-0.2, -0.15) is 0 Å². The Kier molecular flexibility index (Phi) is 7.06. The van der Waals surface area contributed by atoms with Crippen LogP contribution in [-0.2, 0) is 30.2 Å². The van der Waals surface area contributed by atoms with Gasteiger partial charge in [0.05, 0.1) is 6.33 Å². The molecule has 3 aromatic rings. The molecule has 0 fully saturated rings. The maximum Gasteiger partial charge on any atom is 0.332 e. The Bertz CT molecular complexity index is 1230. The van der Waals surface area contributed by atoms with E-state index in [1.54, 1.807) is 23.7 Å². The number of benzene rings is 1. The van der Waals surface area contributed by atoms with Gasteiger partial charge >= 0.3 is 5.69 Å². The first kappa shape index (κ1) is 22.5. The highest BCUT2D eigenvalue weighted by molar-refractivity contribution is 9.10. The molecule has 0 aliphatic carbocycles. The minimum absolute atomic E-state index is 0.165. The van der Waals surface area contributed by atoms with Crippen LogP contribution in [0.25, 0.3) is 11.2 Å². The predicted molar refractivity (Wildman–Crippen MR) is 120 cm³/mol. The van der Waals surface area contributed by atoms with Gasteiger partial charge < -0.3 is 15.2 Å². The Morgan fingerprint density at radius 2 is 1.74 bits per heavy atom. The smallest absolute Gasteiger partial charge is 0.332 e. The Labute approximate surface area is 186 Å². The Morgan fingerprint density at radius 3 is 2.45 bits per heavy atom. The van der Waals surface area contributed by atoms with E-state index in [1.807, 2.05) is 12.1 Å². The third kappa shape index (κ3) is 5.29. The zero-order valence-electron chi connectivity index (χ0n) is 17.2. The Morgan fingerprint density at radius 1 is 1.03 bits per heavy atom. The number of nitrogens with one attached hydrogen (secondary N) is 2. The standard InChI is InChI=1S/C20H23BrN6O4/c1-25-18-17(19(30)26(2)20(25)31)27(12-23-18)11-3-4-15(28)22-10-9-16(29)24-14-7-5-13(21)6-8-14/h5-8,12H,3-4,9-11H2,1-2H3,(H,22,28)(H,24,29). The van der Waals surface area contributed by atoms with Crippen LogP contribution in [0.4, 0.5) is 5.69 Å². The fourth-order valence-corrected chi connectivity index (χ4v) is 3.40. The normalized spacial score (nSPS) is 10.9. The van der Waals surface area contributed by atoms with Gasteiger partial charge in [0.1, 0.15) is 0 Å². The number of rotatable bonds is 8. The molecule has 0 spiro atoms. The number of aryl methyl sites for hydroxylation is 2. The number of aromatic nitrogens is 4. The van der Waals surface area contributed by atoms with Crippen LogP contribution < -0.4 is 21.9 Å². The fraction of sp³-hybridized carbons (Fsp3) is 0.350. The second kappa shape index (κ2) is 9.73. The quantitative estimate of drug-likeness (QED) is 0.490. The van der Waals surface area contributed by atoms with Crippen molar-refractivity contribution in [1.82, 2.24) is 24.0 Å². The van der Waals surface area contributed by atoms with Crippen LogP contribution >= 0.6 is 15.9 Å². The van der Waals surface area contributed by atoms with Gasteiger partial charge in [-0.3, -0.25) is 23.5 Å². The minimum Gasteiger partial charge on any atom is -0.356 e. The van der Waals surface area contributed by atoms with Crippen LogP contribution in [0.1, 0.15) is 19.3 Å². The summed E-state index contributed by atoms with van der Waals surface area (Å²) in [6.45, 7) is 0.638. The summed E-state index contributed by atoms with van der Waals surface area (Å²) < 4.78 is 4.92. The van der Waals surface area contributed by atoms with Crippen molar-refractivity contribution in [3.63, 3.8) is 0 Å². The lowest BCUT2D eigenvalue weighted by molar-refractivity contribution is -0.121. The Hall–Kier alpha value is -3.21. The van der Waals surface area contributed by atoms with E-state index >= 15 is 0 Å². The first-order valence-corrected chi connectivity index (χ1v) is 10.5. The monoisotopic (exact) mass is 490 g/mol. The number of nitrogens with zero attached hydrogens (tertiary/aromatic N) is 4. The maximum absolute atomic E-state index is 12.4. The summed E-state index contributed by atoms with van der Waals surface area (Å²) in [4.78, 5) is 52.5. The molecule has 0 saturated carbocycles. The molecule has 0 atom stereocenters. The second-order valence-corrected chi connectivity index (χ2v) is 7.99. The number of imidazole rings is 1. The number of amides is 2. The molecular formula is C20H23BrN6O4. The van der Waals surface area contributed by atoms with Gasteiger partial charge in [0.15, 0.2) is 11.2 Å². The molecule has 0 unspecified atom stereocenters. The number of hydrogen-bond acceptors (Lipinski definition) is 5. The average Bonchev–Trinajstić information content (AvgIpc) is 3.16. The molecule has 0 aliphatic rings. The molecule has 1 aromatic carbocycles. The molecule has 0 bridgehead atoms. The maximum atomic E-state index is 12.4. The van der Waals surface area contributed by atoms with E-state index in [0.29, 0.717) is 29.8 Å². The number of hydrogen-bond donors (Lipinski definition) is 2. The number of carbonyl (C=O) groups excluding carboxylic acids is 2. The lowest BCUT2D eigenvalue weighted by Crippen LogP contribution is -2.37. The molecule has 0 aliphatic heterocycles. The number of fused-ring (bicyclic) bond motifs is 1. The summed E-state index contributed by atoms with van der Waals surface area (Å²) in [5.74, 6) is -0.366. The summed E-state index contributed by atoms with van der Waals surface area (Å²) in [5, 5.41) is 5.48. The highest BCUT2D eigenvalue weighted by Crippen LogP contribution is 2.14. The van der Waals surface area contributed by atoms with Crippen molar-refractivity contribution in [2.75, 3.05) is 11.9 Å². The molecule has 10 nitrogen and oxygen atoms in total. The van der Waals surface area contributed by atoms with E-state index in [1.165, 1.54) is 17.9 Å². The van der Waals surface area contributed by atoms with E-state index < -0.39 is 11.2 Å². The third-order valence-electron chi connectivity index (χ3n) is 4.82. The largest absolute Gasteiger partial charge is 0.356 e. The van der Waals surface area contributed by atoms with Gasteiger partial charge in [0.25, 0.3) is 5.56 Å². The van der Waals surface area contributed by atoms with Crippen LogP contribution in [0.2, 0.25) is 0 Å². The molecule has 2 aromatic heterocycles. The van der Waals surface area contributed by atoms with Gasteiger partial charge in [0.2, 0.25) is 11.8 Å². The van der Waals surface area contributed by atoms with Gasteiger partial charge in [-0.15, -0.1) is 0 Å². The first-order valence-electron chi connectivity index (χ1n) is 9.71. The van der Waals surface area contributed by atoms with E-state index in [2.05, 4.69) is 31.5 Å². The minimum atomic E-state index is -0.439. The highest BCUT2D eigenvalue weighted by Gasteiger charge is 2.14. The van der Waals surface area contributed by atoms with E-state index in [4.69, 9.17) is 0 Å². The zero-order chi connectivity index (χ0) is 22.5. The fourth-order valence-electron chi connectivity index (χ4n) is 3.14. The topological polar surface area (TPSA) is 120 Å². The molecule has 2 N–H and O–H groups in total. The molecule has 0 saturated heterocycles. The summed E-state index contributed by atoms with van der Waals surface area (Å²) >= 11 is 3.33. The summed E-state index contributed by atoms with van der Waals surface area (Å²) in [6, 6.07) is 7.23. The van der Waals surface area contributed by atoms with E-state index in [0.717, 1.165) is 9.04 Å². The zero-order valence-corrected chi connectivity index (χ0v) is 18.8. The van der Waals surface area contributed by atoms with Crippen LogP contribution in [-0.4, -0.2) is 37.0 Å². The van der Waals surface area contributed by atoms with Crippen LogP contribution in [0, 0.1) is 0 Å². The van der Waals surface area contributed by atoms with Gasteiger partial charge in [0, 0.05) is 50.2 Å². The second-order valence-electron chi connectivity index (χ2n) is 7.07. The van der Waals surface area contributed by atoms with Crippen LogP contribution in [0.15, 0.2) is 44.7 Å². The molecule has 164 valence electrons. The van der Waals surface area contributed by atoms with Crippen LogP contribution in [0.5, 0.6) is 0 Å². The van der Waals surface area contributed by atoms with Crippen molar-refractivity contribution in [1.29, 1.82) is 0 Å². The molecule has 11 heteroatoms. The molecule has 0 radical (unpaired) electrons. The van der Waals surface area contributed by atoms with Crippen molar-refractivity contribution in [3.8, 4) is 0 Å².